The van der Waals surface area contributed by atoms with Crippen LogP contribution in [0.25, 0.3) is 0 Å². The minimum Gasteiger partial charge on any atom is -0.324 e. The Hall–Kier alpha value is -2.54. The molecule has 31 heavy (non-hydrogen) atoms. The number of anilines is 1. The molecule has 3 atom stereocenters. The van der Waals surface area contributed by atoms with Crippen molar-refractivity contribution in [1.29, 1.82) is 0 Å². The van der Waals surface area contributed by atoms with Crippen LogP contribution in [0.15, 0.2) is 71.3 Å². The molecule has 2 aliphatic heterocycles. The second kappa shape index (κ2) is 7.55. The van der Waals surface area contributed by atoms with Gasteiger partial charge >= 0.3 is 0 Å². The number of fused-ring (bicyclic) bond motifs is 2. The van der Waals surface area contributed by atoms with Gasteiger partial charge in [-0.15, -0.1) is 0 Å². The first-order valence-corrected chi connectivity index (χ1v) is 11.1. The molecule has 2 aliphatic rings. The Morgan fingerprint density at radius 1 is 1.19 bits per heavy atom. The number of rotatable bonds is 3. The van der Waals surface area contributed by atoms with Crippen molar-refractivity contribution in [2.75, 3.05) is 18.9 Å². The molecule has 7 heteroatoms. The summed E-state index contributed by atoms with van der Waals surface area (Å²) in [5.74, 6) is -1.18. The molecule has 5 rings (SSSR count). The molecular weight excluding hydrogens is 478 g/mol. The van der Waals surface area contributed by atoms with Crippen molar-refractivity contribution < 1.29 is 9.59 Å². The first-order valence-electron chi connectivity index (χ1n) is 9.96. The second-order valence-electron chi connectivity index (χ2n) is 8.01. The molecule has 1 N–H and O–H groups in total. The number of hydrogen-bond acceptors (Lipinski definition) is 4. The summed E-state index contributed by atoms with van der Waals surface area (Å²) in [5, 5.41) is 3.64. The van der Waals surface area contributed by atoms with Crippen LogP contribution in [0.2, 0.25) is 5.02 Å². The molecule has 2 aromatic carbocycles. The lowest BCUT2D eigenvalue weighted by atomic mass is 9.71. The number of pyridine rings is 1. The predicted octanol–water partition coefficient (Wildman–Crippen LogP) is 4.87. The van der Waals surface area contributed by atoms with E-state index in [0.29, 0.717) is 17.3 Å². The number of nitrogens with zero attached hydrogens (tertiary/aromatic N) is 2. The highest BCUT2D eigenvalue weighted by molar-refractivity contribution is 9.10. The normalized spacial score (nSPS) is 24.9. The fourth-order valence-electron chi connectivity index (χ4n) is 5.09. The van der Waals surface area contributed by atoms with E-state index < -0.39 is 11.5 Å². The number of halogens is 2. The number of nitrogens with one attached hydrogen (secondary N) is 1. The summed E-state index contributed by atoms with van der Waals surface area (Å²) in [7, 11) is 1.91. The standard InChI is InChI=1S/C24H19BrClN3O2/c1-29-13-17(14-5-8-16(26)9-6-14)21(22(30)20-4-2-3-11-27-20)24(29)18-12-15(25)7-10-19(18)28-23(24)31/h2-12,17,21H,13H2,1H3,(H,28,31)/t17-,21?,24-/m1/s1. The fourth-order valence-corrected chi connectivity index (χ4v) is 5.58. The van der Waals surface area contributed by atoms with Gasteiger partial charge in [0, 0.05) is 39.4 Å². The van der Waals surface area contributed by atoms with Gasteiger partial charge in [0.15, 0.2) is 5.78 Å². The van der Waals surface area contributed by atoms with Crippen LogP contribution in [-0.2, 0) is 10.3 Å². The van der Waals surface area contributed by atoms with Crippen LogP contribution in [0.1, 0.15) is 27.5 Å². The summed E-state index contributed by atoms with van der Waals surface area (Å²) in [6, 6.07) is 18.5. The molecule has 1 amide bonds. The molecule has 1 fully saturated rings. The molecule has 1 spiro atoms. The monoisotopic (exact) mass is 495 g/mol. The largest absolute Gasteiger partial charge is 0.324 e. The highest BCUT2D eigenvalue weighted by atomic mass is 79.9. The number of likely N-dealkylation sites (tertiary alicyclic amines) is 1. The van der Waals surface area contributed by atoms with Crippen LogP contribution >= 0.6 is 27.5 Å². The lowest BCUT2D eigenvalue weighted by Gasteiger charge is -2.35. The molecule has 3 aromatic rings. The fraction of sp³-hybridized carbons (Fsp3) is 0.208. The highest BCUT2D eigenvalue weighted by Gasteiger charge is 2.64. The van der Waals surface area contributed by atoms with Gasteiger partial charge in [0.05, 0.1) is 5.92 Å². The van der Waals surface area contributed by atoms with E-state index in [1.165, 1.54) is 0 Å². The number of aromatic nitrogens is 1. The smallest absolute Gasteiger partial charge is 0.250 e. The number of carbonyl (C=O) groups is 2. The molecule has 0 bridgehead atoms. The molecule has 5 nitrogen and oxygen atoms in total. The second-order valence-corrected chi connectivity index (χ2v) is 9.36. The minimum absolute atomic E-state index is 0.145. The Balaban J connectivity index is 1.74. The first-order chi connectivity index (χ1) is 14.9. The van der Waals surface area contributed by atoms with Crippen LogP contribution in [0, 0.1) is 5.92 Å². The average molecular weight is 497 g/mol. The quantitative estimate of drug-likeness (QED) is 0.525. The maximum Gasteiger partial charge on any atom is 0.250 e. The van der Waals surface area contributed by atoms with Gasteiger partial charge in [-0.05, 0) is 55.1 Å². The zero-order valence-corrected chi connectivity index (χ0v) is 19.0. The van der Waals surface area contributed by atoms with Gasteiger partial charge in [0.25, 0.3) is 0 Å². The van der Waals surface area contributed by atoms with Gasteiger partial charge in [-0.2, -0.15) is 0 Å². The lowest BCUT2D eigenvalue weighted by molar-refractivity contribution is -0.126. The van der Waals surface area contributed by atoms with E-state index in [0.717, 1.165) is 21.3 Å². The number of Topliss-reactive ketones (excluding diaryl/α,β-unsaturated/α-hetero) is 1. The van der Waals surface area contributed by atoms with Crippen molar-refractivity contribution >= 4 is 44.9 Å². The van der Waals surface area contributed by atoms with Crippen LogP contribution in [0.5, 0.6) is 0 Å². The van der Waals surface area contributed by atoms with Crippen molar-refractivity contribution in [2.45, 2.75) is 11.5 Å². The number of ketones is 1. The Kier molecular flexibility index (Phi) is 4.96. The summed E-state index contributed by atoms with van der Waals surface area (Å²) in [5.41, 5.74) is 1.74. The lowest BCUT2D eigenvalue weighted by Crippen LogP contribution is -2.51. The minimum atomic E-state index is -1.13. The van der Waals surface area contributed by atoms with Crippen LogP contribution in [0.4, 0.5) is 5.69 Å². The summed E-state index contributed by atoms with van der Waals surface area (Å²) in [4.78, 5) is 33.8. The van der Waals surface area contributed by atoms with Gasteiger partial charge in [0.1, 0.15) is 11.2 Å². The Morgan fingerprint density at radius 2 is 1.97 bits per heavy atom. The Morgan fingerprint density at radius 3 is 2.68 bits per heavy atom. The van der Waals surface area contributed by atoms with Gasteiger partial charge in [0.2, 0.25) is 5.91 Å². The number of amides is 1. The third-order valence-corrected chi connectivity index (χ3v) is 7.15. The SMILES string of the molecule is CN1C[C@H](c2ccc(Cl)cc2)C(C(=O)c2ccccn2)[C@]12C(=O)Nc1ccc(Br)cc12. The molecule has 156 valence electrons. The highest BCUT2D eigenvalue weighted by Crippen LogP contribution is 2.55. The zero-order valence-electron chi connectivity index (χ0n) is 16.7. The predicted molar refractivity (Wildman–Crippen MR) is 123 cm³/mol. The Labute approximate surface area is 193 Å². The van der Waals surface area contributed by atoms with Crippen molar-refractivity contribution in [1.82, 2.24) is 9.88 Å². The van der Waals surface area contributed by atoms with Crippen LogP contribution < -0.4 is 5.32 Å². The molecule has 0 saturated carbocycles. The van der Waals surface area contributed by atoms with E-state index in [9.17, 15) is 9.59 Å². The van der Waals surface area contributed by atoms with E-state index in [2.05, 4.69) is 26.2 Å². The van der Waals surface area contributed by atoms with E-state index in [1.807, 2.05) is 54.4 Å². The maximum atomic E-state index is 13.9. The molecule has 1 aromatic heterocycles. The summed E-state index contributed by atoms with van der Waals surface area (Å²) < 4.78 is 0.856. The van der Waals surface area contributed by atoms with Gasteiger partial charge in [-0.3, -0.25) is 19.5 Å². The topological polar surface area (TPSA) is 62.3 Å². The van der Waals surface area contributed by atoms with Crippen molar-refractivity contribution in [2.24, 2.45) is 5.92 Å². The number of benzene rings is 2. The summed E-state index contributed by atoms with van der Waals surface area (Å²) >= 11 is 9.65. The van der Waals surface area contributed by atoms with E-state index in [1.54, 1.807) is 24.4 Å². The summed E-state index contributed by atoms with van der Waals surface area (Å²) in [6.07, 6.45) is 1.61. The van der Waals surface area contributed by atoms with Crippen molar-refractivity contribution in [3.8, 4) is 0 Å². The van der Waals surface area contributed by atoms with Gasteiger partial charge < -0.3 is 5.32 Å². The zero-order chi connectivity index (χ0) is 21.8. The van der Waals surface area contributed by atoms with Crippen molar-refractivity contribution in [3.63, 3.8) is 0 Å². The molecule has 1 saturated heterocycles. The molecule has 3 heterocycles. The van der Waals surface area contributed by atoms with Crippen LogP contribution in [-0.4, -0.2) is 35.2 Å². The number of carbonyl (C=O) groups excluding carboxylic acids is 2. The first kappa shape index (κ1) is 20.4. The van der Waals surface area contributed by atoms with E-state index in [-0.39, 0.29) is 17.6 Å². The molecule has 0 radical (unpaired) electrons. The summed E-state index contributed by atoms with van der Waals surface area (Å²) in [6.45, 7) is 0.546. The third-order valence-electron chi connectivity index (χ3n) is 6.41. The van der Waals surface area contributed by atoms with E-state index >= 15 is 0 Å². The Bertz CT molecular complexity index is 1190. The number of likely N-dealkylation sites (N-methyl/N-ethyl adjacent to an activating group) is 1. The molecular formula is C24H19BrClN3O2. The number of hydrogen-bond donors (Lipinski definition) is 1. The van der Waals surface area contributed by atoms with Gasteiger partial charge in [-0.25, -0.2) is 0 Å². The van der Waals surface area contributed by atoms with Crippen molar-refractivity contribution in [3.05, 3.63) is 93.2 Å². The third kappa shape index (κ3) is 3.04. The molecule has 1 unspecified atom stereocenters. The molecule has 0 aliphatic carbocycles. The van der Waals surface area contributed by atoms with E-state index in [4.69, 9.17) is 11.6 Å². The average Bonchev–Trinajstić information content (AvgIpc) is 3.24. The van der Waals surface area contributed by atoms with Crippen LogP contribution in [0.3, 0.4) is 0 Å². The van der Waals surface area contributed by atoms with Gasteiger partial charge in [-0.1, -0.05) is 45.7 Å². The maximum absolute atomic E-state index is 13.9.